The molecule has 3 N–H and O–H groups in total. The summed E-state index contributed by atoms with van der Waals surface area (Å²) in [6.07, 6.45) is 8.26. The molecule has 0 spiro atoms. The second-order valence-corrected chi connectivity index (χ2v) is 6.27. The van der Waals surface area contributed by atoms with Gasteiger partial charge in [0.2, 0.25) is 0 Å². The summed E-state index contributed by atoms with van der Waals surface area (Å²) in [5.74, 6) is 1.67. The highest BCUT2D eigenvalue weighted by Gasteiger charge is 2.21. The van der Waals surface area contributed by atoms with Crippen molar-refractivity contribution in [1.82, 2.24) is 14.6 Å². The first-order valence-corrected chi connectivity index (χ1v) is 8.65. The molecule has 1 saturated carbocycles. The minimum Gasteiger partial charge on any atom is -0.370 e. The lowest BCUT2D eigenvalue weighted by atomic mass is 10.1. The molecular formula is C17H27N5. The molecule has 0 bridgehead atoms. The molecule has 1 aliphatic carbocycles. The van der Waals surface area contributed by atoms with Crippen molar-refractivity contribution in [2.75, 3.05) is 18.4 Å². The number of aryl methyl sites for hydroxylation is 1. The van der Waals surface area contributed by atoms with Gasteiger partial charge in [-0.05, 0) is 32.2 Å². The molecule has 0 amide bonds. The third-order valence-electron chi connectivity index (χ3n) is 4.47. The molecule has 22 heavy (non-hydrogen) atoms. The highest BCUT2D eigenvalue weighted by atomic mass is 15.3. The Kier molecular flexibility index (Phi) is 4.93. The number of nitrogens with two attached hydrogens (primary N) is 1. The summed E-state index contributed by atoms with van der Waals surface area (Å²) in [5, 5.41) is 8.31. The molecule has 1 aliphatic rings. The van der Waals surface area contributed by atoms with Crippen LogP contribution in [0.2, 0.25) is 0 Å². The molecule has 3 rings (SSSR count). The number of hydrogen-bond acceptors (Lipinski definition) is 4. The molecule has 0 unspecified atom stereocenters. The Labute approximate surface area is 132 Å². The summed E-state index contributed by atoms with van der Waals surface area (Å²) in [4.78, 5) is 4.78. The maximum atomic E-state index is 5.59. The van der Waals surface area contributed by atoms with Crippen LogP contribution in [0.25, 0.3) is 5.65 Å². The van der Waals surface area contributed by atoms with Crippen molar-refractivity contribution >= 4 is 11.5 Å². The predicted octanol–water partition coefficient (Wildman–Crippen LogP) is 3.10. The number of fused-ring (bicyclic) bond motifs is 1. The molecule has 120 valence electrons. The van der Waals surface area contributed by atoms with Crippen molar-refractivity contribution < 1.29 is 0 Å². The van der Waals surface area contributed by atoms with Crippen LogP contribution < -0.4 is 11.1 Å². The largest absolute Gasteiger partial charge is 0.370 e. The Balaban J connectivity index is 1.93. The zero-order valence-electron chi connectivity index (χ0n) is 13.5. The van der Waals surface area contributed by atoms with Gasteiger partial charge in [0.05, 0.1) is 5.69 Å². The van der Waals surface area contributed by atoms with Crippen LogP contribution >= 0.6 is 0 Å². The standard InChI is InChI=1S/C17H27N5/c1-2-6-14-11-16(19-10-5-9-18)22-17(20-14)12-15(21-22)13-7-3-4-8-13/h11-13,19H,2-10,18H2,1H3. The van der Waals surface area contributed by atoms with Crippen LogP contribution in [0.4, 0.5) is 5.82 Å². The first kappa shape index (κ1) is 15.3. The van der Waals surface area contributed by atoms with Crippen LogP contribution in [0.1, 0.15) is 62.8 Å². The van der Waals surface area contributed by atoms with Crippen molar-refractivity contribution in [3.63, 3.8) is 0 Å². The van der Waals surface area contributed by atoms with E-state index in [1.54, 1.807) is 0 Å². The van der Waals surface area contributed by atoms with E-state index in [9.17, 15) is 0 Å². The average molecular weight is 301 g/mol. The minimum absolute atomic E-state index is 0.619. The molecule has 2 heterocycles. The van der Waals surface area contributed by atoms with Gasteiger partial charge in [0.15, 0.2) is 5.65 Å². The van der Waals surface area contributed by atoms with Gasteiger partial charge < -0.3 is 11.1 Å². The van der Waals surface area contributed by atoms with Crippen LogP contribution in [-0.4, -0.2) is 27.7 Å². The predicted molar refractivity (Wildman–Crippen MR) is 90.4 cm³/mol. The molecule has 2 aromatic rings. The van der Waals surface area contributed by atoms with Crippen LogP contribution in [0, 0.1) is 0 Å². The molecule has 0 atom stereocenters. The topological polar surface area (TPSA) is 68.2 Å². The van der Waals surface area contributed by atoms with Gasteiger partial charge in [0, 0.05) is 30.3 Å². The van der Waals surface area contributed by atoms with Gasteiger partial charge in [0.25, 0.3) is 0 Å². The average Bonchev–Trinajstić information content (AvgIpc) is 3.16. The van der Waals surface area contributed by atoms with E-state index in [2.05, 4.69) is 24.4 Å². The molecule has 5 heteroatoms. The Morgan fingerprint density at radius 1 is 1.32 bits per heavy atom. The number of nitrogens with zero attached hydrogens (tertiary/aromatic N) is 3. The van der Waals surface area contributed by atoms with Crippen molar-refractivity contribution in [2.45, 2.75) is 57.8 Å². The van der Waals surface area contributed by atoms with E-state index >= 15 is 0 Å². The van der Waals surface area contributed by atoms with E-state index in [1.807, 2.05) is 4.52 Å². The highest BCUT2D eigenvalue weighted by Crippen LogP contribution is 2.34. The molecule has 0 aliphatic heterocycles. The fraction of sp³-hybridized carbons (Fsp3) is 0.647. The van der Waals surface area contributed by atoms with Gasteiger partial charge in [-0.3, -0.25) is 0 Å². The maximum absolute atomic E-state index is 5.59. The molecule has 2 aromatic heterocycles. The van der Waals surface area contributed by atoms with E-state index in [0.717, 1.165) is 43.0 Å². The van der Waals surface area contributed by atoms with Gasteiger partial charge in [-0.25, -0.2) is 4.98 Å². The van der Waals surface area contributed by atoms with Crippen molar-refractivity contribution in [3.05, 3.63) is 23.5 Å². The number of anilines is 1. The van der Waals surface area contributed by atoms with Crippen LogP contribution in [0.3, 0.4) is 0 Å². The zero-order valence-corrected chi connectivity index (χ0v) is 13.5. The molecule has 5 nitrogen and oxygen atoms in total. The Hall–Kier alpha value is -1.62. The van der Waals surface area contributed by atoms with Gasteiger partial charge in [-0.1, -0.05) is 26.2 Å². The fourth-order valence-electron chi connectivity index (χ4n) is 3.29. The second-order valence-electron chi connectivity index (χ2n) is 6.27. The molecular weight excluding hydrogens is 274 g/mol. The van der Waals surface area contributed by atoms with Gasteiger partial charge in [0.1, 0.15) is 5.82 Å². The van der Waals surface area contributed by atoms with E-state index in [-0.39, 0.29) is 0 Å². The first-order valence-electron chi connectivity index (χ1n) is 8.65. The maximum Gasteiger partial charge on any atom is 0.157 e. The minimum atomic E-state index is 0.619. The molecule has 0 saturated heterocycles. The van der Waals surface area contributed by atoms with Crippen molar-refractivity contribution in [1.29, 1.82) is 0 Å². The summed E-state index contributed by atoms with van der Waals surface area (Å²) in [6.45, 7) is 3.77. The van der Waals surface area contributed by atoms with Crippen LogP contribution in [0.5, 0.6) is 0 Å². The van der Waals surface area contributed by atoms with E-state index < -0.39 is 0 Å². The Bertz CT molecular complexity index is 613. The first-order chi connectivity index (χ1) is 10.8. The monoisotopic (exact) mass is 301 g/mol. The Morgan fingerprint density at radius 3 is 2.86 bits per heavy atom. The third-order valence-corrected chi connectivity index (χ3v) is 4.47. The van der Waals surface area contributed by atoms with Crippen LogP contribution in [-0.2, 0) is 6.42 Å². The second kappa shape index (κ2) is 7.09. The lowest BCUT2D eigenvalue weighted by Crippen LogP contribution is -2.12. The number of aromatic nitrogens is 3. The van der Waals surface area contributed by atoms with Gasteiger partial charge in [-0.2, -0.15) is 9.61 Å². The summed E-state index contributed by atoms with van der Waals surface area (Å²) in [5.41, 5.74) is 8.92. The van der Waals surface area contributed by atoms with Crippen molar-refractivity contribution in [3.8, 4) is 0 Å². The van der Waals surface area contributed by atoms with Crippen LogP contribution in [0.15, 0.2) is 12.1 Å². The Morgan fingerprint density at radius 2 is 2.14 bits per heavy atom. The molecule has 0 radical (unpaired) electrons. The smallest absolute Gasteiger partial charge is 0.157 e. The highest BCUT2D eigenvalue weighted by molar-refractivity contribution is 5.51. The van der Waals surface area contributed by atoms with E-state index in [0.29, 0.717) is 12.5 Å². The molecule has 0 aromatic carbocycles. The van der Waals surface area contributed by atoms with Crippen molar-refractivity contribution in [2.24, 2.45) is 5.73 Å². The number of hydrogen-bond donors (Lipinski definition) is 2. The SMILES string of the molecule is CCCc1cc(NCCCN)n2nc(C3CCCC3)cc2n1. The summed E-state index contributed by atoms with van der Waals surface area (Å²) >= 11 is 0. The zero-order chi connectivity index (χ0) is 15.4. The third kappa shape index (κ3) is 3.24. The molecule has 1 fully saturated rings. The quantitative estimate of drug-likeness (QED) is 0.771. The van der Waals surface area contributed by atoms with E-state index in [1.165, 1.54) is 31.4 Å². The fourth-order valence-corrected chi connectivity index (χ4v) is 3.29. The summed E-state index contributed by atoms with van der Waals surface area (Å²) in [7, 11) is 0. The number of nitrogens with one attached hydrogen (secondary N) is 1. The van der Waals surface area contributed by atoms with E-state index in [4.69, 9.17) is 15.8 Å². The van der Waals surface area contributed by atoms with Gasteiger partial charge in [-0.15, -0.1) is 0 Å². The lowest BCUT2D eigenvalue weighted by molar-refractivity contribution is 0.684. The lowest BCUT2D eigenvalue weighted by Gasteiger charge is -2.10. The number of rotatable bonds is 7. The normalized spacial score (nSPS) is 15.7. The van der Waals surface area contributed by atoms with Gasteiger partial charge >= 0.3 is 0 Å². The summed E-state index contributed by atoms with van der Waals surface area (Å²) < 4.78 is 1.98. The summed E-state index contributed by atoms with van der Waals surface area (Å²) in [6, 6.07) is 4.32.